The van der Waals surface area contributed by atoms with Crippen molar-refractivity contribution < 1.29 is 4.79 Å². The molecule has 0 spiro atoms. The van der Waals surface area contributed by atoms with E-state index in [1.807, 2.05) is 62.4 Å². The van der Waals surface area contributed by atoms with E-state index in [1.165, 1.54) is 0 Å². The van der Waals surface area contributed by atoms with Crippen molar-refractivity contribution in [1.29, 1.82) is 0 Å². The molecule has 0 heterocycles. The number of carbonyl (C=O) groups is 1. The normalized spacial score (nSPS) is 11.2. The number of hydrogen-bond acceptors (Lipinski definition) is 1. The first-order valence-corrected chi connectivity index (χ1v) is 7.17. The van der Waals surface area contributed by atoms with Crippen LogP contribution >= 0.6 is 15.9 Å². The highest BCUT2D eigenvalue weighted by molar-refractivity contribution is 9.12. The summed E-state index contributed by atoms with van der Waals surface area (Å²) in [6, 6.07) is 15.6. The molecule has 0 saturated heterocycles. The molecule has 0 radical (unpaired) electrons. The highest BCUT2D eigenvalue weighted by atomic mass is 79.9. The van der Waals surface area contributed by atoms with Crippen LogP contribution in [0.15, 0.2) is 53.0 Å². The number of anilines is 1. The van der Waals surface area contributed by atoms with Crippen LogP contribution in [0.25, 0.3) is 6.08 Å². The summed E-state index contributed by atoms with van der Waals surface area (Å²) < 4.78 is 0.504. The maximum absolute atomic E-state index is 12.2. The van der Waals surface area contributed by atoms with E-state index in [4.69, 9.17) is 0 Å². The summed E-state index contributed by atoms with van der Waals surface area (Å²) in [4.78, 5) is 12.2. The fraction of sp³-hybridized carbons (Fsp3) is 0.118. The molecule has 2 rings (SSSR count). The summed E-state index contributed by atoms with van der Waals surface area (Å²) in [7, 11) is 0. The summed E-state index contributed by atoms with van der Waals surface area (Å²) >= 11 is 3.33. The molecule has 0 aliphatic heterocycles. The van der Waals surface area contributed by atoms with E-state index in [1.54, 1.807) is 6.08 Å². The Morgan fingerprint density at radius 1 is 1.05 bits per heavy atom. The van der Waals surface area contributed by atoms with Crippen LogP contribution in [-0.4, -0.2) is 5.91 Å². The molecule has 102 valence electrons. The summed E-state index contributed by atoms with van der Waals surface area (Å²) in [5, 5.41) is 2.92. The molecule has 20 heavy (non-hydrogen) atoms. The molecule has 2 aromatic carbocycles. The molecule has 2 nitrogen and oxygen atoms in total. The second-order valence-electron chi connectivity index (χ2n) is 4.60. The van der Waals surface area contributed by atoms with Gasteiger partial charge in [-0.15, -0.1) is 0 Å². The maximum atomic E-state index is 12.2. The minimum absolute atomic E-state index is 0.150. The lowest BCUT2D eigenvalue weighted by Gasteiger charge is -2.10. The minimum atomic E-state index is -0.150. The molecule has 0 aliphatic rings. The second kappa shape index (κ2) is 6.53. The summed E-state index contributed by atoms with van der Waals surface area (Å²) in [5.41, 5.74) is 4.07. The van der Waals surface area contributed by atoms with Gasteiger partial charge < -0.3 is 5.32 Å². The number of amides is 1. The maximum Gasteiger partial charge on any atom is 0.262 e. The van der Waals surface area contributed by atoms with E-state index in [0.717, 1.165) is 22.4 Å². The number of hydrogen-bond donors (Lipinski definition) is 1. The molecule has 1 amide bonds. The van der Waals surface area contributed by atoms with Gasteiger partial charge in [-0.05, 0) is 58.6 Å². The number of nitrogens with one attached hydrogen (secondary N) is 1. The van der Waals surface area contributed by atoms with Crippen LogP contribution in [0, 0.1) is 13.8 Å². The van der Waals surface area contributed by atoms with Gasteiger partial charge in [0.05, 0.1) is 4.48 Å². The highest BCUT2D eigenvalue weighted by Gasteiger charge is 2.09. The third kappa shape index (κ3) is 3.58. The molecule has 3 heteroatoms. The number of halogens is 1. The van der Waals surface area contributed by atoms with Crippen LogP contribution in [-0.2, 0) is 4.79 Å². The van der Waals surface area contributed by atoms with Crippen molar-refractivity contribution in [2.45, 2.75) is 13.8 Å². The zero-order valence-electron chi connectivity index (χ0n) is 11.5. The molecule has 0 atom stereocenters. The van der Waals surface area contributed by atoms with Gasteiger partial charge in [-0.25, -0.2) is 0 Å². The molecular weight excluding hydrogens is 314 g/mol. The van der Waals surface area contributed by atoms with Gasteiger partial charge >= 0.3 is 0 Å². The molecule has 0 fully saturated rings. The number of rotatable bonds is 3. The SMILES string of the molecule is Cc1cccc(NC(=O)/C(Br)=C/c2ccccc2)c1C. The Morgan fingerprint density at radius 2 is 1.75 bits per heavy atom. The molecule has 0 bridgehead atoms. The lowest BCUT2D eigenvalue weighted by Crippen LogP contribution is -2.12. The second-order valence-corrected chi connectivity index (χ2v) is 5.46. The topological polar surface area (TPSA) is 29.1 Å². The van der Waals surface area contributed by atoms with Crippen molar-refractivity contribution in [3.05, 3.63) is 69.7 Å². The molecule has 0 saturated carbocycles. The van der Waals surface area contributed by atoms with Gasteiger partial charge in [0.25, 0.3) is 5.91 Å². The van der Waals surface area contributed by atoms with Crippen LogP contribution in [0.4, 0.5) is 5.69 Å². The number of benzene rings is 2. The quantitative estimate of drug-likeness (QED) is 0.814. The molecular formula is C17H16BrNO. The number of carbonyl (C=O) groups excluding carboxylic acids is 1. The fourth-order valence-corrected chi connectivity index (χ4v) is 2.19. The zero-order chi connectivity index (χ0) is 14.5. The first-order valence-electron chi connectivity index (χ1n) is 6.38. The van der Waals surface area contributed by atoms with Crippen LogP contribution in [0.2, 0.25) is 0 Å². The van der Waals surface area contributed by atoms with Crippen LogP contribution < -0.4 is 5.32 Å². The standard InChI is InChI=1S/C17H16BrNO/c1-12-7-6-10-16(13(12)2)19-17(20)15(18)11-14-8-4-3-5-9-14/h3-11H,1-2H3,(H,19,20)/b15-11-. The van der Waals surface area contributed by atoms with Gasteiger partial charge in [-0.2, -0.15) is 0 Å². The lowest BCUT2D eigenvalue weighted by molar-refractivity contribution is -0.112. The Morgan fingerprint density at radius 3 is 2.45 bits per heavy atom. The average Bonchev–Trinajstić information content (AvgIpc) is 2.45. The predicted octanol–water partition coefficient (Wildman–Crippen LogP) is 4.68. The van der Waals surface area contributed by atoms with E-state index in [-0.39, 0.29) is 5.91 Å². The van der Waals surface area contributed by atoms with Crippen molar-refractivity contribution in [3.63, 3.8) is 0 Å². The van der Waals surface area contributed by atoms with E-state index < -0.39 is 0 Å². The van der Waals surface area contributed by atoms with Crippen LogP contribution in [0.5, 0.6) is 0 Å². The Balaban J connectivity index is 2.16. The third-order valence-corrected chi connectivity index (χ3v) is 3.75. The Hall–Kier alpha value is -1.87. The van der Waals surface area contributed by atoms with Gasteiger partial charge in [0.1, 0.15) is 0 Å². The van der Waals surface area contributed by atoms with Crippen molar-refractivity contribution in [1.82, 2.24) is 0 Å². The van der Waals surface area contributed by atoms with E-state index >= 15 is 0 Å². The molecule has 1 N–H and O–H groups in total. The molecule has 0 aliphatic carbocycles. The zero-order valence-corrected chi connectivity index (χ0v) is 13.1. The van der Waals surface area contributed by atoms with E-state index in [0.29, 0.717) is 4.48 Å². The van der Waals surface area contributed by atoms with Gasteiger partial charge in [-0.3, -0.25) is 4.79 Å². The van der Waals surface area contributed by atoms with Gasteiger partial charge in [-0.1, -0.05) is 42.5 Å². The largest absolute Gasteiger partial charge is 0.321 e. The molecule has 2 aromatic rings. The van der Waals surface area contributed by atoms with Gasteiger partial charge in [0.2, 0.25) is 0 Å². The van der Waals surface area contributed by atoms with Crippen molar-refractivity contribution in [3.8, 4) is 0 Å². The summed E-state index contributed by atoms with van der Waals surface area (Å²) in [6.45, 7) is 4.03. The smallest absolute Gasteiger partial charge is 0.262 e. The Kier molecular flexibility index (Phi) is 4.74. The summed E-state index contributed by atoms with van der Waals surface area (Å²) in [5.74, 6) is -0.150. The summed E-state index contributed by atoms with van der Waals surface area (Å²) in [6.07, 6.45) is 1.81. The Bertz CT molecular complexity index is 647. The highest BCUT2D eigenvalue weighted by Crippen LogP contribution is 2.20. The lowest BCUT2D eigenvalue weighted by atomic mass is 10.1. The van der Waals surface area contributed by atoms with E-state index in [2.05, 4.69) is 21.2 Å². The fourth-order valence-electron chi connectivity index (χ4n) is 1.83. The molecule has 0 unspecified atom stereocenters. The number of aryl methyl sites for hydroxylation is 1. The molecule has 0 aromatic heterocycles. The van der Waals surface area contributed by atoms with Gasteiger partial charge in [0.15, 0.2) is 0 Å². The van der Waals surface area contributed by atoms with Gasteiger partial charge in [0, 0.05) is 5.69 Å². The monoisotopic (exact) mass is 329 g/mol. The predicted molar refractivity (Wildman–Crippen MR) is 87.9 cm³/mol. The third-order valence-electron chi connectivity index (χ3n) is 3.16. The van der Waals surface area contributed by atoms with Crippen LogP contribution in [0.1, 0.15) is 16.7 Å². The minimum Gasteiger partial charge on any atom is -0.321 e. The average molecular weight is 330 g/mol. The van der Waals surface area contributed by atoms with Crippen LogP contribution in [0.3, 0.4) is 0 Å². The van der Waals surface area contributed by atoms with Crippen molar-refractivity contribution in [2.24, 2.45) is 0 Å². The first kappa shape index (κ1) is 14.5. The first-order chi connectivity index (χ1) is 9.58. The van der Waals surface area contributed by atoms with Crippen molar-refractivity contribution >= 4 is 33.6 Å². The van der Waals surface area contributed by atoms with Crippen molar-refractivity contribution in [2.75, 3.05) is 5.32 Å². The Labute approximate surface area is 127 Å². The van der Waals surface area contributed by atoms with E-state index in [9.17, 15) is 4.79 Å².